The van der Waals surface area contributed by atoms with E-state index in [2.05, 4.69) is 28.9 Å². The van der Waals surface area contributed by atoms with Crippen LogP contribution in [0.1, 0.15) is 26.1 Å². The highest BCUT2D eigenvalue weighted by molar-refractivity contribution is 6.33. The molecule has 102 valence electrons. The molecule has 1 aliphatic rings. The maximum absolute atomic E-state index is 6.12. The summed E-state index contributed by atoms with van der Waals surface area (Å²) in [5.41, 5.74) is 0.762. The van der Waals surface area contributed by atoms with Crippen LogP contribution in [-0.2, 0) is 6.42 Å². The smallest absolute Gasteiger partial charge is 0.179 e. The Labute approximate surface area is 118 Å². The maximum atomic E-state index is 6.12. The van der Waals surface area contributed by atoms with Crippen molar-refractivity contribution >= 4 is 17.2 Å². The van der Waals surface area contributed by atoms with Gasteiger partial charge in [0.1, 0.15) is 5.82 Å². The highest BCUT2D eigenvalue weighted by atomic mass is 35.5. The summed E-state index contributed by atoms with van der Waals surface area (Å²) in [6.45, 7) is 6.87. The highest BCUT2D eigenvalue weighted by Crippen LogP contribution is 2.23. The number of likely N-dealkylation sites (tertiary alicyclic amines) is 1. The average Bonchev–Trinajstić information content (AvgIpc) is 2.98. The molecule has 2 aromatic rings. The number of hydrogen-bond donors (Lipinski definition) is 0. The predicted molar refractivity (Wildman–Crippen MR) is 76.5 cm³/mol. The highest BCUT2D eigenvalue weighted by Gasteiger charge is 2.25. The standard InChI is InChI=1S/C14H19ClN4/c1-10(2)18-7-5-11(9-18)8-13-16-17-14-12(15)4-3-6-19(13)14/h3-4,6,10-11H,5,7-9H2,1-2H3. The second kappa shape index (κ2) is 5.10. The van der Waals surface area contributed by atoms with Crippen molar-refractivity contribution < 1.29 is 0 Å². The summed E-state index contributed by atoms with van der Waals surface area (Å²) >= 11 is 6.12. The van der Waals surface area contributed by atoms with E-state index in [0.29, 0.717) is 17.0 Å². The summed E-state index contributed by atoms with van der Waals surface area (Å²) in [6, 6.07) is 4.43. The van der Waals surface area contributed by atoms with E-state index in [4.69, 9.17) is 11.6 Å². The molecule has 1 unspecified atom stereocenters. The van der Waals surface area contributed by atoms with Crippen molar-refractivity contribution in [3.63, 3.8) is 0 Å². The van der Waals surface area contributed by atoms with E-state index in [9.17, 15) is 0 Å². The Kier molecular flexibility index (Phi) is 3.46. The van der Waals surface area contributed by atoms with Gasteiger partial charge in [0.2, 0.25) is 0 Å². The zero-order chi connectivity index (χ0) is 13.4. The SMILES string of the molecule is CC(C)N1CCC(Cc2nnc3c(Cl)cccn23)C1. The Hall–Kier alpha value is -1.13. The van der Waals surface area contributed by atoms with E-state index >= 15 is 0 Å². The van der Waals surface area contributed by atoms with Gasteiger partial charge in [0.15, 0.2) is 5.65 Å². The van der Waals surface area contributed by atoms with Crippen LogP contribution in [-0.4, -0.2) is 38.6 Å². The third-order valence-electron chi connectivity index (χ3n) is 3.98. The minimum Gasteiger partial charge on any atom is -0.301 e. The quantitative estimate of drug-likeness (QED) is 0.865. The summed E-state index contributed by atoms with van der Waals surface area (Å²) in [4.78, 5) is 2.53. The van der Waals surface area contributed by atoms with Gasteiger partial charge in [-0.2, -0.15) is 0 Å². The topological polar surface area (TPSA) is 33.4 Å². The summed E-state index contributed by atoms with van der Waals surface area (Å²) in [6.07, 6.45) is 4.21. The third-order valence-corrected chi connectivity index (χ3v) is 4.27. The molecule has 1 fully saturated rings. The molecule has 0 spiro atoms. The number of pyridine rings is 1. The van der Waals surface area contributed by atoms with Crippen LogP contribution in [0.5, 0.6) is 0 Å². The molecule has 4 nitrogen and oxygen atoms in total. The van der Waals surface area contributed by atoms with E-state index < -0.39 is 0 Å². The molecule has 1 aliphatic heterocycles. The molecule has 3 heterocycles. The van der Waals surface area contributed by atoms with Crippen LogP contribution >= 0.6 is 11.6 Å². The van der Waals surface area contributed by atoms with Crippen LogP contribution < -0.4 is 0 Å². The molecule has 5 heteroatoms. The number of fused-ring (bicyclic) bond motifs is 1. The molecule has 1 saturated heterocycles. The largest absolute Gasteiger partial charge is 0.301 e. The fourth-order valence-corrected chi connectivity index (χ4v) is 3.03. The van der Waals surface area contributed by atoms with Gasteiger partial charge in [0, 0.05) is 25.2 Å². The van der Waals surface area contributed by atoms with Crippen molar-refractivity contribution in [2.75, 3.05) is 13.1 Å². The van der Waals surface area contributed by atoms with Gasteiger partial charge in [-0.1, -0.05) is 11.6 Å². The minimum atomic E-state index is 0.634. The first-order chi connectivity index (χ1) is 9.15. The molecular weight excluding hydrogens is 260 g/mol. The second-order valence-electron chi connectivity index (χ2n) is 5.61. The van der Waals surface area contributed by atoms with Crippen molar-refractivity contribution in [2.24, 2.45) is 5.92 Å². The lowest BCUT2D eigenvalue weighted by Crippen LogP contribution is -2.28. The summed E-state index contributed by atoms with van der Waals surface area (Å²) < 4.78 is 2.01. The summed E-state index contributed by atoms with van der Waals surface area (Å²) in [5, 5.41) is 9.14. The first kappa shape index (κ1) is 12.9. The van der Waals surface area contributed by atoms with Gasteiger partial charge in [-0.15, -0.1) is 10.2 Å². The van der Waals surface area contributed by atoms with E-state index in [1.165, 1.54) is 13.0 Å². The Morgan fingerprint density at radius 2 is 2.26 bits per heavy atom. The Morgan fingerprint density at radius 3 is 3.00 bits per heavy atom. The molecule has 1 atom stereocenters. The average molecular weight is 279 g/mol. The number of halogens is 1. The summed E-state index contributed by atoms with van der Waals surface area (Å²) in [7, 11) is 0. The van der Waals surface area contributed by atoms with Crippen LogP contribution in [0.25, 0.3) is 5.65 Å². The zero-order valence-corrected chi connectivity index (χ0v) is 12.1. The van der Waals surface area contributed by atoms with Crippen LogP contribution in [0.15, 0.2) is 18.3 Å². The fraction of sp³-hybridized carbons (Fsp3) is 0.571. The van der Waals surface area contributed by atoms with Crippen LogP contribution in [0, 0.1) is 5.92 Å². The molecular formula is C14H19ClN4. The molecule has 0 amide bonds. The number of rotatable bonds is 3. The molecule has 0 N–H and O–H groups in total. The van der Waals surface area contributed by atoms with Gasteiger partial charge in [-0.05, 0) is 44.9 Å². The molecule has 0 saturated carbocycles. The van der Waals surface area contributed by atoms with Crippen LogP contribution in [0.3, 0.4) is 0 Å². The number of hydrogen-bond acceptors (Lipinski definition) is 3. The fourth-order valence-electron chi connectivity index (χ4n) is 2.83. The first-order valence-electron chi connectivity index (χ1n) is 6.87. The molecule has 0 radical (unpaired) electrons. The maximum Gasteiger partial charge on any atom is 0.179 e. The van der Waals surface area contributed by atoms with Crippen molar-refractivity contribution in [3.8, 4) is 0 Å². The van der Waals surface area contributed by atoms with Crippen LogP contribution in [0.4, 0.5) is 0 Å². The van der Waals surface area contributed by atoms with Gasteiger partial charge >= 0.3 is 0 Å². The lowest BCUT2D eigenvalue weighted by atomic mass is 10.0. The van der Waals surface area contributed by atoms with Crippen molar-refractivity contribution in [1.29, 1.82) is 0 Å². The van der Waals surface area contributed by atoms with Crippen molar-refractivity contribution in [3.05, 3.63) is 29.2 Å². The number of nitrogens with zero attached hydrogens (tertiary/aromatic N) is 4. The Morgan fingerprint density at radius 1 is 1.42 bits per heavy atom. The summed E-state index contributed by atoms with van der Waals surface area (Å²) in [5.74, 6) is 1.70. The zero-order valence-electron chi connectivity index (χ0n) is 11.4. The molecule has 0 aromatic carbocycles. The van der Waals surface area contributed by atoms with Gasteiger partial charge in [0.05, 0.1) is 5.02 Å². The van der Waals surface area contributed by atoms with Crippen molar-refractivity contribution in [1.82, 2.24) is 19.5 Å². The minimum absolute atomic E-state index is 0.634. The lowest BCUT2D eigenvalue weighted by Gasteiger charge is -2.20. The Balaban J connectivity index is 1.78. The first-order valence-corrected chi connectivity index (χ1v) is 7.25. The monoisotopic (exact) mass is 278 g/mol. The third kappa shape index (κ3) is 2.47. The van der Waals surface area contributed by atoms with Crippen molar-refractivity contribution in [2.45, 2.75) is 32.7 Å². The van der Waals surface area contributed by atoms with Gasteiger partial charge in [-0.3, -0.25) is 4.40 Å². The van der Waals surface area contributed by atoms with E-state index in [1.54, 1.807) is 0 Å². The predicted octanol–water partition coefficient (Wildman–Crippen LogP) is 2.66. The Bertz CT molecular complexity index is 578. The lowest BCUT2D eigenvalue weighted by molar-refractivity contribution is 0.264. The van der Waals surface area contributed by atoms with E-state index in [1.807, 2.05) is 22.7 Å². The normalized spacial score (nSPS) is 20.7. The molecule has 3 rings (SSSR count). The van der Waals surface area contributed by atoms with E-state index in [0.717, 1.165) is 24.4 Å². The molecule has 19 heavy (non-hydrogen) atoms. The number of aromatic nitrogens is 3. The van der Waals surface area contributed by atoms with Crippen LogP contribution in [0.2, 0.25) is 5.02 Å². The van der Waals surface area contributed by atoms with Gasteiger partial charge in [-0.25, -0.2) is 0 Å². The molecule has 0 bridgehead atoms. The van der Waals surface area contributed by atoms with Gasteiger partial charge in [0.25, 0.3) is 0 Å². The molecule has 0 aliphatic carbocycles. The second-order valence-corrected chi connectivity index (χ2v) is 6.02. The molecule has 2 aromatic heterocycles. The van der Waals surface area contributed by atoms with Gasteiger partial charge < -0.3 is 4.90 Å². The van der Waals surface area contributed by atoms with E-state index in [-0.39, 0.29) is 0 Å².